The minimum absolute atomic E-state index is 0.0425. The van der Waals surface area contributed by atoms with Gasteiger partial charge in [0.1, 0.15) is 48.9 Å². The first-order chi connectivity index (χ1) is 29.0. The van der Waals surface area contributed by atoms with Crippen LogP contribution in [0.25, 0.3) is 21.7 Å². The van der Waals surface area contributed by atoms with E-state index in [-0.39, 0.29) is 45.1 Å². The summed E-state index contributed by atoms with van der Waals surface area (Å²) in [5.41, 5.74) is 5.76. The first-order valence-electron chi connectivity index (χ1n) is 19.3. The average molecular weight is 862 g/mol. The molecule has 4 N–H and O–H groups in total. The number of hydrogen-bond donors (Lipinski definition) is 4. The molecule has 5 aromatic rings. The fraction of sp³-hybridized carbons (Fsp3) is 0.349. The number of alkyl halides is 3. The van der Waals surface area contributed by atoms with Gasteiger partial charge in [-0.25, -0.2) is 15.0 Å². The highest BCUT2D eigenvalue weighted by atomic mass is 32.1. The van der Waals surface area contributed by atoms with Gasteiger partial charge in [0, 0.05) is 36.8 Å². The number of likely N-dealkylation sites (tertiary alicyclic amines) is 1. The van der Waals surface area contributed by atoms with E-state index in [0.29, 0.717) is 22.9 Å². The Labute approximate surface area is 354 Å². The summed E-state index contributed by atoms with van der Waals surface area (Å²) < 4.78 is 52.6. The van der Waals surface area contributed by atoms with Crippen molar-refractivity contribution in [2.24, 2.45) is 5.41 Å². The maximum absolute atomic E-state index is 13.9. The lowest BCUT2D eigenvalue weighted by molar-refractivity contribution is -0.274. The SMILES string of the molecule is Cc1ncsc1-c1ccc(CNC(=O)[C@@H]2C[C@@H](O)CN2C(=O)[C@@H](NC(=O)COCCOc2ccc(-c3cc(Nc4ccc(OC(F)(F)F)cc4)ncn3)cc2)C(C)(C)C)cc1. The summed E-state index contributed by atoms with van der Waals surface area (Å²) in [4.78, 5) is 55.6. The zero-order valence-electron chi connectivity index (χ0n) is 33.9. The number of aliphatic hydroxyl groups excluding tert-OH is 1. The number of aryl methyl sites for hydroxylation is 1. The number of nitrogens with zero attached hydrogens (tertiary/aromatic N) is 4. The van der Waals surface area contributed by atoms with Crippen molar-refractivity contribution in [2.75, 3.05) is 31.7 Å². The number of anilines is 2. The standard InChI is InChI=1S/C43H46F3N7O7S/c1-26-38(61-25-50-26)29-7-5-27(6-8-29)21-47-40(56)35-19-31(54)22-53(35)41(57)39(42(2,3)4)52-37(55)23-58-17-18-59-32-13-9-28(10-14-32)34-20-36(49-24-48-34)51-30-11-15-33(16-12-30)60-43(44,45)46/h5-16,20,24-25,31,35,39,54H,17-19,21-23H2,1-4H3,(H,47,56)(H,52,55)(H,48,49,51)/t31-,35+,39-/m1/s1. The number of nitrogens with one attached hydrogen (secondary N) is 3. The quantitative estimate of drug-likeness (QED) is 0.0806. The first-order valence-corrected chi connectivity index (χ1v) is 20.2. The number of rotatable bonds is 16. The summed E-state index contributed by atoms with van der Waals surface area (Å²) in [6, 6.07) is 19.9. The average Bonchev–Trinajstić information content (AvgIpc) is 3.84. The molecule has 1 saturated heterocycles. The Hall–Kier alpha value is -6.11. The molecule has 3 aromatic carbocycles. The second-order valence-electron chi connectivity index (χ2n) is 15.4. The molecule has 322 valence electrons. The molecule has 3 heterocycles. The Morgan fingerprint density at radius 2 is 1.61 bits per heavy atom. The first kappa shape index (κ1) is 44.4. The highest BCUT2D eigenvalue weighted by Gasteiger charge is 2.44. The van der Waals surface area contributed by atoms with Crippen LogP contribution in [0.4, 0.5) is 24.7 Å². The van der Waals surface area contributed by atoms with Gasteiger partial charge in [-0.3, -0.25) is 14.4 Å². The zero-order valence-corrected chi connectivity index (χ0v) is 34.7. The fourth-order valence-corrected chi connectivity index (χ4v) is 7.37. The normalized spacial score (nSPS) is 15.8. The number of carbonyl (C=O) groups is 3. The molecule has 18 heteroatoms. The van der Waals surface area contributed by atoms with Crippen LogP contribution < -0.4 is 25.4 Å². The van der Waals surface area contributed by atoms with E-state index in [1.54, 1.807) is 68.0 Å². The molecule has 0 unspecified atom stereocenters. The van der Waals surface area contributed by atoms with Crippen LogP contribution >= 0.6 is 11.3 Å². The number of thiazole rings is 1. The van der Waals surface area contributed by atoms with E-state index in [1.807, 2.05) is 31.2 Å². The van der Waals surface area contributed by atoms with Gasteiger partial charge in [0.2, 0.25) is 17.7 Å². The lowest BCUT2D eigenvalue weighted by Gasteiger charge is -2.35. The summed E-state index contributed by atoms with van der Waals surface area (Å²) in [5, 5.41) is 19.2. The number of hydrogen-bond acceptors (Lipinski definition) is 12. The number of benzene rings is 3. The molecule has 2 aromatic heterocycles. The van der Waals surface area contributed by atoms with Gasteiger partial charge in [-0.2, -0.15) is 0 Å². The predicted octanol–water partition coefficient (Wildman–Crippen LogP) is 6.42. The molecule has 0 aliphatic carbocycles. The van der Waals surface area contributed by atoms with E-state index < -0.39 is 47.7 Å². The van der Waals surface area contributed by atoms with E-state index in [0.717, 1.165) is 27.3 Å². The van der Waals surface area contributed by atoms with Gasteiger partial charge in [-0.05, 0) is 72.0 Å². The second kappa shape index (κ2) is 19.5. The largest absolute Gasteiger partial charge is 0.573 e. The van der Waals surface area contributed by atoms with Gasteiger partial charge < -0.3 is 40.2 Å². The number of aliphatic hydroxyl groups is 1. The maximum Gasteiger partial charge on any atom is 0.573 e. The smallest absolute Gasteiger partial charge is 0.491 e. The van der Waals surface area contributed by atoms with Gasteiger partial charge in [-0.15, -0.1) is 24.5 Å². The molecule has 6 rings (SSSR count). The van der Waals surface area contributed by atoms with E-state index in [9.17, 15) is 32.7 Å². The van der Waals surface area contributed by atoms with Crippen molar-refractivity contribution in [3.63, 3.8) is 0 Å². The summed E-state index contributed by atoms with van der Waals surface area (Å²) in [5.74, 6) is -0.774. The number of halogens is 3. The topological polar surface area (TPSA) is 177 Å². The number of aromatic nitrogens is 3. The monoisotopic (exact) mass is 861 g/mol. The van der Waals surface area contributed by atoms with Crippen molar-refractivity contribution in [3.05, 3.63) is 102 Å². The Bertz CT molecular complexity index is 2270. The molecule has 0 bridgehead atoms. The number of amides is 3. The maximum atomic E-state index is 13.9. The van der Waals surface area contributed by atoms with Gasteiger partial charge in [0.15, 0.2) is 0 Å². The summed E-state index contributed by atoms with van der Waals surface area (Å²) >= 11 is 1.56. The van der Waals surface area contributed by atoms with E-state index in [2.05, 4.69) is 35.6 Å². The van der Waals surface area contributed by atoms with Gasteiger partial charge >= 0.3 is 6.36 Å². The zero-order chi connectivity index (χ0) is 43.7. The van der Waals surface area contributed by atoms with E-state index >= 15 is 0 Å². The molecule has 1 aliphatic rings. The van der Waals surface area contributed by atoms with Crippen LogP contribution in [-0.2, 0) is 25.7 Å². The van der Waals surface area contributed by atoms with Crippen molar-refractivity contribution in [2.45, 2.75) is 65.2 Å². The van der Waals surface area contributed by atoms with E-state index in [4.69, 9.17) is 9.47 Å². The molecule has 1 aliphatic heterocycles. The molecule has 61 heavy (non-hydrogen) atoms. The minimum Gasteiger partial charge on any atom is -0.491 e. The van der Waals surface area contributed by atoms with Crippen molar-refractivity contribution in [1.29, 1.82) is 0 Å². The molecular formula is C43H46F3N7O7S. The molecule has 3 atom stereocenters. The van der Waals surface area contributed by atoms with Crippen LogP contribution in [0, 0.1) is 12.3 Å². The molecule has 0 radical (unpaired) electrons. The lowest BCUT2D eigenvalue weighted by Crippen LogP contribution is -2.58. The summed E-state index contributed by atoms with van der Waals surface area (Å²) in [7, 11) is 0. The van der Waals surface area contributed by atoms with Crippen LogP contribution in [0.2, 0.25) is 0 Å². The van der Waals surface area contributed by atoms with Crippen molar-refractivity contribution >= 4 is 40.6 Å². The molecular weight excluding hydrogens is 816 g/mol. The van der Waals surface area contributed by atoms with Crippen LogP contribution in [0.15, 0.2) is 90.7 Å². The third kappa shape index (κ3) is 12.5. The van der Waals surface area contributed by atoms with Gasteiger partial charge in [-0.1, -0.05) is 45.0 Å². The molecule has 14 nitrogen and oxygen atoms in total. The van der Waals surface area contributed by atoms with Crippen LogP contribution in [0.3, 0.4) is 0 Å². The number of ether oxygens (including phenoxy) is 3. The summed E-state index contributed by atoms with van der Waals surface area (Å²) in [6.07, 6.45) is -4.24. The minimum atomic E-state index is -4.78. The lowest BCUT2D eigenvalue weighted by atomic mass is 9.85. The fourth-order valence-electron chi connectivity index (χ4n) is 6.56. The number of β-amino-alcohol motifs (C(OH)–C–C–N with tert-alkyl or cyclic N) is 1. The molecule has 0 saturated carbocycles. The van der Waals surface area contributed by atoms with Crippen molar-refractivity contribution < 1.29 is 46.9 Å². The second-order valence-corrected chi connectivity index (χ2v) is 16.2. The molecule has 1 fully saturated rings. The summed E-state index contributed by atoms with van der Waals surface area (Å²) in [6.45, 7) is 7.41. The Balaban J connectivity index is 0.943. The highest BCUT2D eigenvalue weighted by Crippen LogP contribution is 2.30. The highest BCUT2D eigenvalue weighted by molar-refractivity contribution is 7.13. The third-order valence-corrected chi connectivity index (χ3v) is 10.6. The molecule has 0 spiro atoms. The van der Waals surface area contributed by atoms with Gasteiger partial charge in [0.05, 0.1) is 34.5 Å². The Kier molecular flexibility index (Phi) is 14.2. The van der Waals surface area contributed by atoms with Crippen LogP contribution in [-0.4, -0.2) is 93.6 Å². The Morgan fingerprint density at radius 3 is 2.26 bits per heavy atom. The predicted molar refractivity (Wildman–Crippen MR) is 222 cm³/mol. The number of carbonyl (C=O) groups excluding carboxylic acids is 3. The Morgan fingerprint density at radius 1 is 0.918 bits per heavy atom. The van der Waals surface area contributed by atoms with Crippen LogP contribution in [0.1, 0.15) is 38.4 Å². The van der Waals surface area contributed by atoms with Crippen LogP contribution in [0.5, 0.6) is 11.5 Å². The van der Waals surface area contributed by atoms with Crippen molar-refractivity contribution in [3.8, 4) is 33.2 Å². The third-order valence-electron chi connectivity index (χ3n) is 9.62. The van der Waals surface area contributed by atoms with Gasteiger partial charge in [0.25, 0.3) is 0 Å². The van der Waals surface area contributed by atoms with Crippen molar-refractivity contribution in [1.82, 2.24) is 30.5 Å². The van der Waals surface area contributed by atoms with E-state index in [1.165, 1.54) is 35.5 Å². The molecule has 3 amide bonds.